The average molecular weight is 582 g/mol. The third kappa shape index (κ3) is 7.04. The third-order valence-electron chi connectivity index (χ3n) is 7.62. The van der Waals surface area contributed by atoms with Crippen LogP contribution in [0.3, 0.4) is 0 Å². The van der Waals surface area contributed by atoms with Crippen LogP contribution in [0.25, 0.3) is 0 Å². The van der Waals surface area contributed by atoms with E-state index in [1.54, 1.807) is 4.90 Å². The maximum Gasteiger partial charge on any atom is 0.411 e. The van der Waals surface area contributed by atoms with Crippen molar-refractivity contribution < 1.29 is 28.2 Å². The topological polar surface area (TPSA) is 77.6 Å². The number of rotatable bonds is 7. The number of benzene rings is 2. The van der Waals surface area contributed by atoms with E-state index in [0.717, 1.165) is 0 Å². The minimum atomic E-state index is -2.83. The van der Waals surface area contributed by atoms with E-state index in [1.165, 1.54) is 10.4 Å². The van der Waals surface area contributed by atoms with Crippen LogP contribution in [0.2, 0.25) is 5.04 Å². The van der Waals surface area contributed by atoms with Crippen molar-refractivity contribution in [3.8, 4) is 0 Å². The Balaban J connectivity index is 1.74. The zero-order chi connectivity index (χ0) is 30.2. The molecule has 2 heterocycles. The first-order valence-corrected chi connectivity index (χ1v) is 16.5. The van der Waals surface area contributed by atoms with Gasteiger partial charge in [0, 0.05) is 12.5 Å². The maximum atomic E-state index is 13.6. The second-order valence-electron chi connectivity index (χ2n) is 14.3. The molecule has 2 fully saturated rings. The Bertz CT molecular complexity index is 1150. The van der Waals surface area contributed by atoms with E-state index in [-0.39, 0.29) is 23.1 Å². The summed E-state index contributed by atoms with van der Waals surface area (Å²) in [6.07, 6.45) is -0.291. The van der Waals surface area contributed by atoms with E-state index < -0.39 is 37.6 Å². The minimum Gasteiger partial charge on any atom is -0.458 e. The van der Waals surface area contributed by atoms with Crippen LogP contribution in [-0.4, -0.2) is 67.9 Å². The van der Waals surface area contributed by atoms with Gasteiger partial charge in [-0.2, -0.15) is 0 Å². The zero-order valence-corrected chi connectivity index (χ0v) is 27.1. The number of ether oxygens (including phenoxy) is 3. The largest absolute Gasteiger partial charge is 0.458 e. The van der Waals surface area contributed by atoms with E-state index in [0.29, 0.717) is 19.6 Å². The van der Waals surface area contributed by atoms with E-state index in [1.807, 2.05) is 53.7 Å². The monoisotopic (exact) mass is 581 g/mol. The highest BCUT2D eigenvalue weighted by atomic mass is 28.4. The summed E-state index contributed by atoms with van der Waals surface area (Å²) in [6.45, 7) is 18.6. The first-order valence-electron chi connectivity index (χ1n) is 14.6. The number of carbonyl (C=O) groups excluding carboxylic acids is 2. The van der Waals surface area contributed by atoms with Crippen LogP contribution in [0.1, 0.15) is 68.7 Å². The summed E-state index contributed by atoms with van der Waals surface area (Å²) >= 11 is 0. The van der Waals surface area contributed by atoms with Gasteiger partial charge in [-0.3, -0.25) is 4.90 Å². The molecule has 0 aliphatic carbocycles. The SMILES string of the molecule is CC(C)(C)OC(=O)C1C[C@@H](CO[Si](c2ccccc2)(c2ccccc2)C(C)(C)C)[C@H](C2CO2)N1C(=O)OC(C)(C)C. The first kappa shape index (κ1) is 31.3. The standard InChI is InChI=1S/C33H47NO6Si/c1-31(2,3)39-29(35)26-20-23(28(27-22-37-27)34(26)30(36)40-32(4,5)6)21-38-41(33(7,8)9,24-16-12-10-13-17-24)25-18-14-11-15-19-25/h10-19,23,26-28H,20-22H2,1-9H3/t23-,26?,27?,28+/m0/s1. The van der Waals surface area contributed by atoms with Gasteiger partial charge in [0.05, 0.1) is 12.6 Å². The summed E-state index contributed by atoms with van der Waals surface area (Å²) in [5.74, 6) is -0.573. The highest BCUT2D eigenvalue weighted by molar-refractivity contribution is 6.99. The van der Waals surface area contributed by atoms with E-state index in [4.69, 9.17) is 18.6 Å². The van der Waals surface area contributed by atoms with Gasteiger partial charge in [-0.1, -0.05) is 81.4 Å². The molecule has 2 aromatic rings. The van der Waals surface area contributed by atoms with Crippen LogP contribution in [0, 0.1) is 5.92 Å². The van der Waals surface area contributed by atoms with Crippen LogP contribution in [0.4, 0.5) is 4.79 Å². The van der Waals surface area contributed by atoms with Gasteiger partial charge in [-0.25, -0.2) is 9.59 Å². The molecule has 7 nitrogen and oxygen atoms in total. The number of epoxide rings is 1. The molecule has 2 saturated heterocycles. The van der Waals surface area contributed by atoms with Gasteiger partial charge in [-0.15, -0.1) is 0 Å². The molecule has 1 amide bonds. The number of carbonyl (C=O) groups is 2. The lowest BCUT2D eigenvalue weighted by Gasteiger charge is -2.44. The van der Waals surface area contributed by atoms with Crippen molar-refractivity contribution in [1.29, 1.82) is 0 Å². The molecule has 8 heteroatoms. The summed E-state index contributed by atoms with van der Waals surface area (Å²) < 4.78 is 24.7. The molecule has 0 aromatic heterocycles. The van der Waals surface area contributed by atoms with E-state index in [9.17, 15) is 9.59 Å². The molecule has 0 saturated carbocycles. The van der Waals surface area contributed by atoms with Gasteiger partial charge >= 0.3 is 12.1 Å². The smallest absolute Gasteiger partial charge is 0.411 e. The maximum absolute atomic E-state index is 13.6. The van der Waals surface area contributed by atoms with Gasteiger partial charge in [0.1, 0.15) is 23.3 Å². The van der Waals surface area contributed by atoms with Gasteiger partial charge in [-0.05, 0) is 63.4 Å². The molecule has 0 spiro atoms. The summed E-state index contributed by atoms with van der Waals surface area (Å²) in [5.41, 5.74) is -1.40. The van der Waals surface area contributed by atoms with Gasteiger partial charge in [0.2, 0.25) is 0 Å². The highest BCUT2D eigenvalue weighted by Crippen LogP contribution is 2.42. The first-order chi connectivity index (χ1) is 19.0. The van der Waals surface area contributed by atoms with Crippen LogP contribution in [0.5, 0.6) is 0 Å². The average Bonchev–Trinajstić information content (AvgIpc) is 3.62. The van der Waals surface area contributed by atoms with Crippen molar-refractivity contribution in [2.45, 2.75) is 103 Å². The second kappa shape index (κ2) is 11.5. The predicted octanol–water partition coefficient (Wildman–Crippen LogP) is 5.30. The molecule has 224 valence electrons. The Morgan fingerprint density at radius 1 is 0.829 bits per heavy atom. The summed E-state index contributed by atoms with van der Waals surface area (Å²) in [6, 6.07) is 19.8. The molecule has 2 aromatic carbocycles. The van der Waals surface area contributed by atoms with Gasteiger partial charge in [0.25, 0.3) is 8.32 Å². The van der Waals surface area contributed by atoms with Crippen LogP contribution >= 0.6 is 0 Å². The lowest BCUT2D eigenvalue weighted by atomic mass is 9.98. The molecule has 0 radical (unpaired) electrons. The van der Waals surface area contributed by atoms with E-state index in [2.05, 4.69) is 69.3 Å². The summed E-state index contributed by atoms with van der Waals surface area (Å²) in [7, 11) is -2.83. The third-order valence-corrected chi connectivity index (χ3v) is 12.6. The van der Waals surface area contributed by atoms with Crippen molar-refractivity contribution in [3.63, 3.8) is 0 Å². The number of nitrogens with zero attached hydrogens (tertiary/aromatic N) is 1. The lowest BCUT2D eigenvalue weighted by Crippen LogP contribution is -2.67. The summed E-state index contributed by atoms with van der Waals surface area (Å²) in [5, 5.41) is 2.17. The number of likely N-dealkylation sites (tertiary alicyclic amines) is 1. The molecule has 4 rings (SSSR count). The van der Waals surface area contributed by atoms with Crippen LogP contribution in [0.15, 0.2) is 60.7 Å². The Labute approximate surface area is 246 Å². The number of amides is 1. The van der Waals surface area contributed by atoms with Crippen molar-refractivity contribution in [2.75, 3.05) is 13.2 Å². The predicted molar refractivity (Wildman–Crippen MR) is 163 cm³/mol. The second-order valence-corrected chi connectivity index (χ2v) is 18.6. The Morgan fingerprint density at radius 2 is 1.32 bits per heavy atom. The van der Waals surface area contributed by atoms with Gasteiger partial charge < -0.3 is 18.6 Å². The normalized spacial score (nSPS) is 23.3. The number of hydrogen-bond acceptors (Lipinski definition) is 6. The fourth-order valence-corrected chi connectivity index (χ4v) is 10.6. The molecule has 0 N–H and O–H groups in total. The molecule has 2 unspecified atom stereocenters. The molecule has 2 aliphatic rings. The fraction of sp³-hybridized carbons (Fsp3) is 0.576. The van der Waals surface area contributed by atoms with E-state index >= 15 is 0 Å². The molecule has 0 bridgehead atoms. The molecule has 4 atom stereocenters. The van der Waals surface area contributed by atoms with Crippen molar-refractivity contribution >= 4 is 30.8 Å². The Hall–Kier alpha value is -2.68. The van der Waals surface area contributed by atoms with Crippen molar-refractivity contribution in [2.24, 2.45) is 5.92 Å². The summed E-state index contributed by atoms with van der Waals surface area (Å²) in [4.78, 5) is 28.8. The molecular formula is C33H47NO6Si. The lowest BCUT2D eigenvalue weighted by molar-refractivity contribution is -0.160. The molecular weight excluding hydrogens is 534 g/mol. The van der Waals surface area contributed by atoms with Crippen LogP contribution in [-0.2, 0) is 23.4 Å². The fourth-order valence-electron chi connectivity index (χ4n) is 6.01. The van der Waals surface area contributed by atoms with Gasteiger partial charge in [0.15, 0.2) is 0 Å². The van der Waals surface area contributed by atoms with Crippen LogP contribution < -0.4 is 10.4 Å². The van der Waals surface area contributed by atoms with Crippen molar-refractivity contribution in [1.82, 2.24) is 4.90 Å². The number of esters is 1. The van der Waals surface area contributed by atoms with Crippen molar-refractivity contribution in [3.05, 3.63) is 60.7 Å². The quantitative estimate of drug-likeness (QED) is 0.251. The molecule has 2 aliphatic heterocycles. The Kier molecular flexibility index (Phi) is 8.79. The zero-order valence-electron chi connectivity index (χ0n) is 26.1. The minimum absolute atomic E-state index is 0.144. The highest BCUT2D eigenvalue weighted by Gasteiger charge is 2.57. The Morgan fingerprint density at radius 3 is 1.73 bits per heavy atom. The molecule has 41 heavy (non-hydrogen) atoms. The number of hydrogen-bond donors (Lipinski definition) is 0.